The summed E-state index contributed by atoms with van der Waals surface area (Å²) < 4.78 is 38.6. The molecule has 0 bridgehead atoms. The first-order valence-corrected chi connectivity index (χ1v) is 9.88. The van der Waals surface area contributed by atoms with Crippen molar-refractivity contribution < 1.29 is 18.0 Å². The summed E-state index contributed by atoms with van der Waals surface area (Å²) in [7, 11) is 0. The number of anilines is 1. The lowest BCUT2D eigenvalue weighted by Crippen LogP contribution is -2.26. The molecule has 2 aromatic rings. The Labute approximate surface area is 159 Å². The Hall–Kier alpha value is -1.93. The molecule has 1 amide bonds. The van der Waals surface area contributed by atoms with Gasteiger partial charge in [0.15, 0.2) is 5.13 Å². The summed E-state index contributed by atoms with van der Waals surface area (Å²) in [5.74, 6) is -0.132. The van der Waals surface area contributed by atoms with Gasteiger partial charge in [-0.3, -0.25) is 4.79 Å². The summed E-state index contributed by atoms with van der Waals surface area (Å²) >= 11 is 1.50. The molecule has 2 N–H and O–H groups in total. The molecular formula is C19H20F3N3OS. The lowest BCUT2D eigenvalue weighted by Gasteiger charge is -2.20. The molecule has 1 aromatic heterocycles. The molecule has 1 aromatic carbocycles. The van der Waals surface area contributed by atoms with E-state index in [9.17, 15) is 18.0 Å². The van der Waals surface area contributed by atoms with E-state index in [0.29, 0.717) is 23.0 Å². The van der Waals surface area contributed by atoms with Crippen LogP contribution in [-0.4, -0.2) is 24.0 Å². The molecule has 1 saturated heterocycles. The summed E-state index contributed by atoms with van der Waals surface area (Å²) in [6, 6.07) is 5.26. The molecular weight excluding hydrogens is 375 g/mol. The van der Waals surface area contributed by atoms with E-state index in [1.165, 1.54) is 22.3 Å². The summed E-state index contributed by atoms with van der Waals surface area (Å²) in [4.78, 5) is 17.9. The smallest absolute Gasteiger partial charge is 0.317 e. The highest BCUT2D eigenvalue weighted by Crippen LogP contribution is 2.49. The van der Waals surface area contributed by atoms with Crippen molar-refractivity contribution in [2.24, 2.45) is 5.92 Å². The van der Waals surface area contributed by atoms with Gasteiger partial charge in [0.25, 0.3) is 0 Å². The highest BCUT2D eigenvalue weighted by Gasteiger charge is 2.45. The standard InChI is InChI=1S/C19H20F3N3OS/c20-19(21,22)13-3-1-2-12(8-13)14-9-15(14)17(26)25-18-24-10-16(27-18)11-4-6-23-7-5-11/h1-3,8,10-11,14-15,23H,4-7,9H2,(H,24,25,26). The van der Waals surface area contributed by atoms with Gasteiger partial charge in [0.2, 0.25) is 5.91 Å². The Balaban J connectivity index is 1.37. The molecule has 1 aliphatic carbocycles. The number of halogens is 3. The molecule has 2 heterocycles. The number of aromatic nitrogens is 1. The van der Waals surface area contributed by atoms with Gasteiger partial charge in [0, 0.05) is 17.0 Å². The van der Waals surface area contributed by atoms with Crippen molar-refractivity contribution in [1.29, 1.82) is 0 Å². The molecule has 1 saturated carbocycles. The maximum Gasteiger partial charge on any atom is 0.416 e. The van der Waals surface area contributed by atoms with Crippen LogP contribution in [0.2, 0.25) is 0 Å². The van der Waals surface area contributed by atoms with E-state index in [1.807, 2.05) is 6.20 Å². The molecule has 2 atom stereocenters. The van der Waals surface area contributed by atoms with Gasteiger partial charge in [-0.15, -0.1) is 11.3 Å². The maximum absolute atomic E-state index is 12.9. The van der Waals surface area contributed by atoms with Crippen molar-refractivity contribution in [3.8, 4) is 0 Å². The Morgan fingerprint density at radius 2 is 2.04 bits per heavy atom. The minimum Gasteiger partial charge on any atom is -0.317 e. The van der Waals surface area contributed by atoms with Gasteiger partial charge in [-0.1, -0.05) is 18.2 Å². The molecule has 4 rings (SSSR count). The second-order valence-electron chi connectivity index (χ2n) is 7.15. The van der Waals surface area contributed by atoms with E-state index < -0.39 is 11.7 Å². The molecule has 4 nitrogen and oxygen atoms in total. The molecule has 8 heteroatoms. The van der Waals surface area contributed by atoms with Crippen molar-refractivity contribution >= 4 is 22.4 Å². The zero-order valence-electron chi connectivity index (χ0n) is 14.6. The number of benzene rings is 1. The SMILES string of the molecule is O=C(Nc1ncc(C2CCNCC2)s1)C1CC1c1cccc(C(F)(F)F)c1. The maximum atomic E-state index is 12.9. The minimum atomic E-state index is -4.37. The Kier molecular flexibility index (Phi) is 4.94. The highest BCUT2D eigenvalue weighted by atomic mass is 32.1. The second-order valence-corrected chi connectivity index (χ2v) is 8.22. The summed E-state index contributed by atoms with van der Waals surface area (Å²) in [6.45, 7) is 1.98. The van der Waals surface area contributed by atoms with E-state index in [-0.39, 0.29) is 17.7 Å². The molecule has 0 spiro atoms. The average molecular weight is 395 g/mol. The van der Waals surface area contributed by atoms with Gasteiger partial charge < -0.3 is 10.6 Å². The highest BCUT2D eigenvalue weighted by molar-refractivity contribution is 7.15. The number of amides is 1. The number of alkyl halides is 3. The third-order valence-corrected chi connectivity index (χ3v) is 6.34. The zero-order chi connectivity index (χ0) is 19.0. The first-order chi connectivity index (χ1) is 12.9. The van der Waals surface area contributed by atoms with Crippen LogP contribution in [0, 0.1) is 5.92 Å². The monoisotopic (exact) mass is 395 g/mol. The van der Waals surface area contributed by atoms with Crippen LogP contribution in [0.25, 0.3) is 0 Å². The third kappa shape index (κ3) is 4.16. The molecule has 2 unspecified atom stereocenters. The van der Waals surface area contributed by atoms with Crippen molar-refractivity contribution in [2.45, 2.75) is 37.3 Å². The molecule has 27 heavy (non-hydrogen) atoms. The van der Waals surface area contributed by atoms with E-state index in [0.717, 1.165) is 38.1 Å². The Morgan fingerprint density at radius 1 is 1.26 bits per heavy atom. The average Bonchev–Trinajstić information content (AvgIpc) is 3.34. The second kappa shape index (κ2) is 7.24. The quantitative estimate of drug-likeness (QED) is 0.808. The molecule has 2 aliphatic rings. The number of piperidine rings is 1. The Morgan fingerprint density at radius 3 is 2.78 bits per heavy atom. The number of carbonyl (C=O) groups is 1. The third-order valence-electron chi connectivity index (χ3n) is 5.26. The summed E-state index contributed by atoms with van der Waals surface area (Å²) in [5, 5.41) is 6.74. The van der Waals surface area contributed by atoms with E-state index in [2.05, 4.69) is 15.6 Å². The van der Waals surface area contributed by atoms with Gasteiger partial charge in [0.1, 0.15) is 0 Å². The molecule has 1 aliphatic heterocycles. The van der Waals surface area contributed by atoms with E-state index >= 15 is 0 Å². The van der Waals surface area contributed by atoms with Crippen molar-refractivity contribution in [1.82, 2.24) is 10.3 Å². The largest absolute Gasteiger partial charge is 0.416 e. The lowest BCUT2D eigenvalue weighted by molar-refractivity contribution is -0.137. The minimum absolute atomic E-state index is 0.156. The van der Waals surface area contributed by atoms with Crippen LogP contribution in [0.1, 0.15) is 47.1 Å². The number of rotatable bonds is 4. The van der Waals surface area contributed by atoms with Crippen LogP contribution >= 0.6 is 11.3 Å². The fourth-order valence-electron chi connectivity index (χ4n) is 3.64. The normalized spacial score (nSPS) is 23.2. The number of thiazole rings is 1. The zero-order valence-corrected chi connectivity index (χ0v) is 15.4. The van der Waals surface area contributed by atoms with Crippen molar-refractivity contribution in [3.63, 3.8) is 0 Å². The number of hydrogen-bond donors (Lipinski definition) is 2. The first-order valence-electron chi connectivity index (χ1n) is 9.06. The van der Waals surface area contributed by atoms with Crippen LogP contribution in [-0.2, 0) is 11.0 Å². The van der Waals surface area contributed by atoms with E-state index in [1.54, 1.807) is 6.07 Å². The van der Waals surface area contributed by atoms with Crippen LogP contribution < -0.4 is 10.6 Å². The number of hydrogen-bond acceptors (Lipinski definition) is 4. The number of nitrogens with zero attached hydrogens (tertiary/aromatic N) is 1. The van der Waals surface area contributed by atoms with Crippen LogP contribution in [0.4, 0.5) is 18.3 Å². The predicted octanol–water partition coefficient (Wildman–Crippen LogP) is 4.37. The fraction of sp³-hybridized carbons (Fsp3) is 0.474. The van der Waals surface area contributed by atoms with Crippen molar-refractivity contribution in [2.75, 3.05) is 18.4 Å². The van der Waals surface area contributed by atoms with Crippen LogP contribution in [0.3, 0.4) is 0 Å². The van der Waals surface area contributed by atoms with Gasteiger partial charge >= 0.3 is 6.18 Å². The molecule has 0 radical (unpaired) electrons. The number of carbonyl (C=O) groups excluding carboxylic acids is 1. The summed E-state index contributed by atoms with van der Waals surface area (Å²) in [5.41, 5.74) is -0.0999. The van der Waals surface area contributed by atoms with Gasteiger partial charge in [-0.25, -0.2) is 4.98 Å². The first kappa shape index (κ1) is 18.4. The predicted molar refractivity (Wildman–Crippen MR) is 97.9 cm³/mol. The van der Waals surface area contributed by atoms with Gasteiger partial charge in [-0.05, 0) is 55.8 Å². The van der Waals surface area contributed by atoms with Gasteiger partial charge in [0.05, 0.1) is 5.56 Å². The van der Waals surface area contributed by atoms with Crippen LogP contribution in [0.15, 0.2) is 30.5 Å². The summed E-state index contributed by atoms with van der Waals surface area (Å²) in [6.07, 6.45) is 0.160. The molecule has 2 fully saturated rings. The fourth-order valence-corrected chi connectivity index (χ4v) is 4.62. The molecule has 144 valence electrons. The van der Waals surface area contributed by atoms with E-state index in [4.69, 9.17) is 0 Å². The van der Waals surface area contributed by atoms with Crippen LogP contribution in [0.5, 0.6) is 0 Å². The lowest BCUT2D eigenvalue weighted by atomic mass is 9.97. The van der Waals surface area contributed by atoms with Crippen molar-refractivity contribution in [3.05, 3.63) is 46.5 Å². The Bertz CT molecular complexity index is 830. The van der Waals surface area contributed by atoms with Gasteiger partial charge in [-0.2, -0.15) is 13.2 Å². The number of nitrogens with one attached hydrogen (secondary N) is 2. The topological polar surface area (TPSA) is 54.0 Å².